The number of anilines is 2. The molecular formula is C33H30N4O6S. The first-order valence-electron chi connectivity index (χ1n) is 13.7. The molecule has 0 bridgehead atoms. The van der Waals surface area contributed by atoms with Crippen molar-refractivity contribution in [2.75, 3.05) is 17.2 Å². The highest BCUT2D eigenvalue weighted by Gasteiger charge is 2.19. The molecule has 44 heavy (non-hydrogen) atoms. The number of nitro groups is 1. The second-order valence-electron chi connectivity index (χ2n) is 9.38. The number of amides is 3. The summed E-state index contributed by atoms with van der Waals surface area (Å²) in [6.45, 7) is 4.22. The van der Waals surface area contributed by atoms with Gasteiger partial charge in [0.1, 0.15) is 11.4 Å². The zero-order valence-corrected chi connectivity index (χ0v) is 24.8. The van der Waals surface area contributed by atoms with Gasteiger partial charge in [0.2, 0.25) is 5.91 Å². The molecule has 4 rings (SSSR count). The molecule has 1 unspecified atom stereocenters. The summed E-state index contributed by atoms with van der Waals surface area (Å²) < 4.78 is 5.43. The van der Waals surface area contributed by atoms with E-state index in [2.05, 4.69) is 16.0 Å². The van der Waals surface area contributed by atoms with Gasteiger partial charge in [0.25, 0.3) is 17.5 Å². The van der Waals surface area contributed by atoms with E-state index in [-0.39, 0.29) is 22.9 Å². The van der Waals surface area contributed by atoms with Gasteiger partial charge >= 0.3 is 0 Å². The molecule has 3 N–H and O–H groups in total. The normalized spacial score (nSPS) is 11.6. The Hall–Kier alpha value is -5.42. The average molecular weight is 611 g/mol. The molecule has 0 aromatic heterocycles. The minimum Gasteiger partial charge on any atom is -0.494 e. The van der Waals surface area contributed by atoms with E-state index >= 15 is 0 Å². The third-order valence-corrected chi connectivity index (χ3v) is 7.26. The Labute approximate surface area is 258 Å². The number of para-hydroxylation sites is 1. The Kier molecular flexibility index (Phi) is 10.9. The van der Waals surface area contributed by atoms with Gasteiger partial charge in [-0.25, -0.2) is 0 Å². The van der Waals surface area contributed by atoms with Crippen LogP contribution in [-0.4, -0.2) is 34.5 Å². The molecule has 1 atom stereocenters. The Morgan fingerprint density at radius 3 is 2.30 bits per heavy atom. The number of nitrogens with one attached hydrogen (secondary N) is 3. The number of rotatable bonds is 12. The highest BCUT2D eigenvalue weighted by atomic mass is 32.2. The Balaban J connectivity index is 1.49. The minimum absolute atomic E-state index is 0.146. The van der Waals surface area contributed by atoms with Crippen LogP contribution in [-0.2, 0) is 9.59 Å². The predicted molar refractivity (Wildman–Crippen MR) is 172 cm³/mol. The van der Waals surface area contributed by atoms with Crippen LogP contribution in [0.15, 0.2) is 114 Å². The minimum atomic E-state index is -0.684. The number of hydrogen-bond acceptors (Lipinski definition) is 7. The van der Waals surface area contributed by atoms with E-state index < -0.39 is 22.0 Å². The molecule has 0 spiro atoms. The van der Waals surface area contributed by atoms with E-state index in [0.29, 0.717) is 29.3 Å². The number of benzene rings is 4. The molecule has 0 aliphatic rings. The molecule has 11 heteroatoms. The van der Waals surface area contributed by atoms with Gasteiger partial charge < -0.3 is 20.7 Å². The number of nitrogens with zero attached hydrogens (tertiary/aromatic N) is 1. The highest BCUT2D eigenvalue weighted by molar-refractivity contribution is 8.00. The topological polar surface area (TPSA) is 140 Å². The lowest BCUT2D eigenvalue weighted by Crippen LogP contribution is -2.30. The van der Waals surface area contributed by atoms with Crippen molar-refractivity contribution in [1.82, 2.24) is 5.32 Å². The first-order chi connectivity index (χ1) is 21.2. The summed E-state index contributed by atoms with van der Waals surface area (Å²) in [6, 6.07) is 28.2. The molecule has 10 nitrogen and oxygen atoms in total. The fourth-order valence-electron chi connectivity index (χ4n) is 4.02. The molecule has 0 saturated carbocycles. The maximum absolute atomic E-state index is 13.4. The molecule has 0 radical (unpaired) electrons. The van der Waals surface area contributed by atoms with Gasteiger partial charge in [0.05, 0.1) is 22.3 Å². The van der Waals surface area contributed by atoms with Gasteiger partial charge in [-0.05, 0) is 80.6 Å². The molecule has 0 aliphatic carbocycles. The van der Waals surface area contributed by atoms with Crippen LogP contribution < -0.4 is 20.7 Å². The van der Waals surface area contributed by atoms with Crippen LogP contribution in [0.4, 0.5) is 17.1 Å². The van der Waals surface area contributed by atoms with Crippen molar-refractivity contribution in [3.8, 4) is 5.75 Å². The smallest absolute Gasteiger partial charge is 0.276 e. The van der Waals surface area contributed by atoms with Gasteiger partial charge in [0, 0.05) is 27.9 Å². The zero-order chi connectivity index (χ0) is 31.5. The molecule has 4 aromatic carbocycles. The van der Waals surface area contributed by atoms with Crippen molar-refractivity contribution in [3.05, 3.63) is 130 Å². The fraction of sp³-hybridized carbons (Fsp3) is 0.121. The van der Waals surface area contributed by atoms with Crippen LogP contribution in [0.2, 0.25) is 0 Å². The number of thioether (sulfide) groups is 1. The lowest BCUT2D eigenvalue weighted by Gasteiger charge is -2.14. The van der Waals surface area contributed by atoms with E-state index in [4.69, 9.17) is 4.74 Å². The van der Waals surface area contributed by atoms with Gasteiger partial charge in [-0.15, -0.1) is 11.8 Å². The summed E-state index contributed by atoms with van der Waals surface area (Å²) >= 11 is 1.30. The molecule has 0 fully saturated rings. The first kappa shape index (κ1) is 31.5. The molecule has 0 heterocycles. The van der Waals surface area contributed by atoms with Gasteiger partial charge in [-0.3, -0.25) is 24.5 Å². The lowest BCUT2D eigenvalue weighted by molar-refractivity contribution is -0.385. The first-order valence-corrected chi connectivity index (χ1v) is 14.5. The third-order valence-electron chi connectivity index (χ3n) is 6.17. The standard InChI is InChI=1S/C33H30N4O6S/c1-3-43-27-18-16-25(17-19-27)34-31(38)22(2)44-28-14-9-13-26(21-28)35-33(40)29(36-32(39)23-10-5-4-6-11-23)20-24-12-7-8-15-30(24)37(41)42/h4-22H,3H2,1-2H3,(H,34,38)(H,35,40)(H,36,39)/b29-20+. The van der Waals surface area contributed by atoms with E-state index in [0.717, 1.165) is 4.90 Å². The monoisotopic (exact) mass is 610 g/mol. The summed E-state index contributed by atoms with van der Waals surface area (Å²) in [5.41, 5.74) is 1.10. The van der Waals surface area contributed by atoms with Gasteiger partial charge in [-0.1, -0.05) is 36.4 Å². The maximum atomic E-state index is 13.4. The Morgan fingerprint density at radius 2 is 1.59 bits per heavy atom. The Bertz CT molecular complexity index is 1680. The van der Waals surface area contributed by atoms with Crippen LogP contribution in [0.1, 0.15) is 29.8 Å². The van der Waals surface area contributed by atoms with E-state index in [1.165, 1.54) is 36.0 Å². The molecule has 224 valence electrons. The largest absolute Gasteiger partial charge is 0.494 e. The molecular weight excluding hydrogens is 580 g/mol. The predicted octanol–water partition coefficient (Wildman–Crippen LogP) is 6.52. The van der Waals surface area contributed by atoms with Crippen molar-refractivity contribution < 1.29 is 24.0 Å². The summed E-state index contributed by atoms with van der Waals surface area (Å²) in [5, 5.41) is 19.3. The lowest BCUT2D eigenvalue weighted by atomic mass is 10.1. The van der Waals surface area contributed by atoms with E-state index in [1.54, 1.807) is 85.8 Å². The number of nitro benzene ring substituents is 1. The van der Waals surface area contributed by atoms with Crippen molar-refractivity contribution in [2.24, 2.45) is 0 Å². The van der Waals surface area contributed by atoms with Crippen LogP contribution in [0.5, 0.6) is 5.75 Å². The average Bonchev–Trinajstić information content (AvgIpc) is 3.02. The third kappa shape index (κ3) is 8.79. The number of carbonyl (C=O) groups excluding carboxylic acids is 3. The van der Waals surface area contributed by atoms with Crippen LogP contribution in [0, 0.1) is 10.1 Å². The number of ether oxygens (including phenoxy) is 1. The van der Waals surface area contributed by atoms with Crippen molar-refractivity contribution in [2.45, 2.75) is 24.0 Å². The fourth-order valence-corrected chi connectivity index (χ4v) is 4.95. The summed E-state index contributed by atoms with van der Waals surface area (Å²) in [7, 11) is 0. The van der Waals surface area contributed by atoms with Crippen molar-refractivity contribution >= 4 is 52.6 Å². The van der Waals surface area contributed by atoms with Gasteiger partial charge in [0.15, 0.2) is 0 Å². The maximum Gasteiger partial charge on any atom is 0.276 e. The van der Waals surface area contributed by atoms with Crippen molar-refractivity contribution in [3.63, 3.8) is 0 Å². The quantitative estimate of drug-likeness (QED) is 0.0718. The SMILES string of the molecule is CCOc1ccc(NC(=O)C(C)Sc2cccc(NC(=O)/C(=C\c3ccccc3[N+](=O)[O-])NC(=O)c3ccccc3)c2)cc1. The second-order valence-corrected chi connectivity index (χ2v) is 10.8. The Morgan fingerprint density at radius 1 is 0.886 bits per heavy atom. The molecule has 0 aliphatic heterocycles. The van der Waals surface area contributed by atoms with E-state index in [1.807, 2.05) is 13.0 Å². The molecule has 4 aromatic rings. The van der Waals surface area contributed by atoms with Crippen LogP contribution in [0.25, 0.3) is 6.08 Å². The second kappa shape index (κ2) is 15.2. The summed E-state index contributed by atoms with van der Waals surface area (Å²) in [6.07, 6.45) is 1.26. The van der Waals surface area contributed by atoms with E-state index in [9.17, 15) is 24.5 Å². The highest BCUT2D eigenvalue weighted by Crippen LogP contribution is 2.27. The summed E-state index contributed by atoms with van der Waals surface area (Å²) in [4.78, 5) is 50.9. The molecule has 0 saturated heterocycles. The molecule has 3 amide bonds. The number of hydrogen-bond donors (Lipinski definition) is 3. The zero-order valence-electron chi connectivity index (χ0n) is 24.0. The number of carbonyl (C=O) groups is 3. The van der Waals surface area contributed by atoms with Crippen LogP contribution >= 0.6 is 11.8 Å². The van der Waals surface area contributed by atoms with Crippen LogP contribution in [0.3, 0.4) is 0 Å². The van der Waals surface area contributed by atoms with Crippen molar-refractivity contribution in [1.29, 1.82) is 0 Å². The van der Waals surface area contributed by atoms with Gasteiger partial charge in [-0.2, -0.15) is 0 Å². The summed E-state index contributed by atoms with van der Waals surface area (Å²) in [5.74, 6) is -0.726.